The first kappa shape index (κ1) is 17.1. The number of carboxylic acids is 1. The van der Waals surface area contributed by atoms with Gasteiger partial charge in [0.25, 0.3) is 0 Å². The van der Waals surface area contributed by atoms with Gasteiger partial charge in [-0.3, -0.25) is 0 Å². The van der Waals surface area contributed by atoms with Crippen LogP contribution in [-0.2, 0) is 15.1 Å². The average molecular weight is 286 g/mol. The van der Waals surface area contributed by atoms with E-state index in [-0.39, 0.29) is 25.2 Å². The topological polar surface area (TPSA) is 119 Å². The fourth-order valence-electron chi connectivity index (χ4n) is 1.61. The lowest BCUT2D eigenvalue weighted by molar-refractivity contribution is -0.144. The summed E-state index contributed by atoms with van der Waals surface area (Å²) in [6, 6.07) is 6.51. The Bertz CT molecular complexity index is 462. The minimum atomic E-state index is -1.56. The van der Waals surface area contributed by atoms with Crippen LogP contribution in [-0.4, -0.2) is 23.6 Å². The zero-order valence-electron chi connectivity index (χ0n) is 10.2. The van der Waals surface area contributed by atoms with Crippen molar-refractivity contribution in [2.45, 2.75) is 18.4 Å². The van der Waals surface area contributed by atoms with Crippen LogP contribution in [0.15, 0.2) is 29.4 Å². The highest BCUT2D eigenvalue weighted by Gasteiger charge is 2.35. The number of hydrazone groups is 1. The maximum absolute atomic E-state index is 11.3. The van der Waals surface area contributed by atoms with Crippen molar-refractivity contribution < 1.29 is 14.7 Å². The Morgan fingerprint density at radius 1 is 1.37 bits per heavy atom. The molecule has 0 amide bonds. The Morgan fingerprint density at radius 3 is 2.37 bits per heavy atom. The molecule has 1 atom stereocenters. The summed E-state index contributed by atoms with van der Waals surface area (Å²) >= 11 is 0. The number of aliphatic carboxylic acids is 1. The maximum Gasteiger partial charge on any atom is 0.328 e. The van der Waals surface area contributed by atoms with Crippen LogP contribution in [0.1, 0.15) is 24.0 Å². The Labute approximate surface area is 116 Å². The highest BCUT2D eigenvalue weighted by Crippen LogP contribution is 2.24. The second kappa shape index (κ2) is 7.50. The number of carboxylic acid groups (broad SMARTS) is 1. The summed E-state index contributed by atoms with van der Waals surface area (Å²) in [6.45, 7) is 0. The molecule has 5 N–H and O–H groups in total. The summed E-state index contributed by atoms with van der Waals surface area (Å²) in [5, 5.41) is 12.6. The number of nitrogens with zero attached hydrogens (tertiary/aromatic N) is 1. The number of benzene rings is 1. The molecule has 0 saturated carbocycles. The van der Waals surface area contributed by atoms with Gasteiger partial charge in [-0.25, -0.2) is 4.79 Å². The third kappa shape index (κ3) is 4.04. The van der Waals surface area contributed by atoms with E-state index >= 15 is 0 Å². The quantitative estimate of drug-likeness (QED) is 0.306. The highest BCUT2D eigenvalue weighted by molar-refractivity contribution is 5.85. The van der Waals surface area contributed by atoms with Gasteiger partial charge in [0.2, 0.25) is 0 Å². The van der Waals surface area contributed by atoms with Gasteiger partial charge in [-0.1, -0.05) is 24.3 Å². The van der Waals surface area contributed by atoms with Gasteiger partial charge in [-0.05, 0) is 17.5 Å². The lowest BCUT2D eigenvalue weighted by Crippen LogP contribution is -2.44. The molecule has 0 aliphatic carbocycles. The standard InChI is InChI=1S/C12H15N3O3.ClH/c13-12(11(17)18,6-1-7-16)10-4-2-9(3-5-10)8-15-14;/h2-5,7-8H,1,6,13-14H2,(H,17,18);1H. The van der Waals surface area contributed by atoms with Crippen LogP contribution in [0, 0.1) is 0 Å². The number of rotatable bonds is 6. The normalized spacial score (nSPS) is 13.5. The van der Waals surface area contributed by atoms with E-state index in [1.54, 1.807) is 24.3 Å². The van der Waals surface area contributed by atoms with Crippen LogP contribution in [0.4, 0.5) is 0 Å². The predicted molar refractivity (Wildman–Crippen MR) is 74.3 cm³/mol. The van der Waals surface area contributed by atoms with Crippen molar-refractivity contribution in [3.63, 3.8) is 0 Å². The molecule has 1 rings (SSSR count). The van der Waals surface area contributed by atoms with Gasteiger partial charge in [0, 0.05) is 6.42 Å². The lowest BCUT2D eigenvalue weighted by atomic mass is 9.86. The van der Waals surface area contributed by atoms with Crippen molar-refractivity contribution in [1.82, 2.24) is 0 Å². The van der Waals surface area contributed by atoms with Crippen LogP contribution in [0.25, 0.3) is 0 Å². The third-order valence-electron chi connectivity index (χ3n) is 2.69. The molecule has 7 heteroatoms. The van der Waals surface area contributed by atoms with Crippen LogP contribution >= 0.6 is 12.4 Å². The number of aldehydes is 1. The van der Waals surface area contributed by atoms with Gasteiger partial charge in [-0.2, -0.15) is 5.10 Å². The van der Waals surface area contributed by atoms with E-state index < -0.39 is 11.5 Å². The van der Waals surface area contributed by atoms with Gasteiger partial charge in [0.15, 0.2) is 0 Å². The number of halogens is 1. The van der Waals surface area contributed by atoms with Crippen molar-refractivity contribution >= 4 is 30.9 Å². The zero-order valence-corrected chi connectivity index (χ0v) is 11.0. The molecule has 0 radical (unpaired) electrons. The van der Waals surface area contributed by atoms with E-state index in [9.17, 15) is 14.7 Å². The van der Waals surface area contributed by atoms with Crippen LogP contribution in [0.3, 0.4) is 0 Å². The summed E-state index contributed by atoms with van der Waals surface area (Å²) in [6.07, 6.45) is 2.24. The second-order valence-corrected chi connectivity index (χ2v) is 3.88. The number of carbonyl (C=O) groups is 2. The molecule has 1 unspecified atom stereocenters. The van der Waals surface area contributed by atoms with E-state index in [1.807, 2.05) is 0 Å². The number of hydrogen-bond donors (Lipinski definition) is 3. The Balaban J connectivity index is 0.00000324. The van der Waals surface area contributed by atoms with Gasteiger partial charge in [0.1, 0.15) is 11.8 Å². The van der Waals surface area contributed by atoms with E-state index in [0.29, 0.717) is 11.8 Å². The van der Waals surface area contributed by atoms with Gasteiger partial charge in [0.05, 0.1) is 6.21 Å². The zero-order chi connectivity index (χ0) is 13.6. The number of hydrogen-bond acceptors (Lipinski definition) is 5. The van der Waals surface area contributed by atoms with Crippen LogP contribution in [0.5, 0.6) is 0 Å². The summed E-state index contributed by atoms with van der Waals surface area (Å²) in [5.74, 6) is 3.85. The molecule has 0 saturated heterocycles. The Hall–Kier alpha value is -1.92. The average Bonchev–Trinajstić information content (AvgIpc) is 2.37. The van der Waals surface area contributed by atoms with Gasteiger partial charge < -0.3 is 21.5 Å². The first-order valence-corrected chi connectivity index (χ1v) is 5.34. The molecule has 0 aromatic heterocycles. The van der Waals surface area contributed by atoms with E-state index in [1.165, 1.54) is 6.21 Å². The summed E-state index contributed by atoms with van der Waals surface area (Å²) in [7, 11) is 0. The third-order valence-corrected chi connectivity index (χ3v) is 2.69. The van der Waals surface area contributed by atoms with E-state index in [2.05, 4.69) is 5.10 Å². The molecule has 104 valence electrons. The molecule has 0 aliphatic heterocycles. The van der Waals surface area contributed by atoms with Crippen molar-refractivity contribution in [3.05, 3.63) is 35.4 Å². The SMILES string of the molecule is Cl.NN=Cc1ccc(C(N)(CCC=O)C(=O)O)cc1. The predicted octanol–water partition coefficient (Wildman–Crippen LogP) is 0.619. The van der Waals surface area contributed by atoms with Crippen LogP contribution < -0.4 is 11.6 Å². The maximum atomic E-state index is 11.3. The molecule has 6 nitrogen and oxygen atoms in total. The molecule has 1 aromatic carbocycles. The Kier molecular flexibility index (Phi) is 6.74. The van der Waals surface area contributed by atoms with Crippen molar-refractivity contribution in [3.8, 4) is 0 Å². The molecule has 0 bridgehead atoms. The lowest BCUT2D eigenvalue weighted by Gasteiger charge is -2.24. The number of carbonyl (C=O) groups excluding carboxylic acids is 1. The Morgan fingerprint density at radius 2 is 1.95 bits per heavy atom. The van der Waals surface area contributed by atoms with Crippen LogP contribution in [0.2, 0.25) is 0 Å². The van der Waals surface area contributed by atoms with Crippen molar-refractivity contribution in [2.75, 3.05) is 0 Å². The monoisotopic (exact) mass is 285 g/mol. The van der Waals surface area contributed by atoms with Crippen molar-refractivity contribution in [2.24, 2.45) is 16.7 Å². The largest absolute Gasteiger partial charge is 0.480 e. The molecular weight excluding hydrogens is 270 g/mol. The molecule has 1 aromatic rings. The fourth-order valence-corrected chi connectivity index (χ4v) is 1.61. The first-order chi connectivity index (χ1) is 8.54. The molecule has 0 fully saturated rings. The van der Waals surface area contributed by atoms with Gasteiger partial charge in [-0.15, -0.1) is 12.4 Å². The number of nitrogens with two attached hydrogens (primary N) is 2. The minimum absolute atomic E-state index is 0. The van der Waals surface area contributed by atoms with Gasteiger partial charge >= 0.3 is 5.97 Å². The smallest absolute Gasteiger partial charge is 0.328 e. The highest BCUT2D eigenvalue weighted by atomic mass is 35.5. The summed E-state index contributed by atoms with van der Waals surface area (Å²) in [4.78, 5) is 21.6. The van der Waals surface area contributed by atoms with E-state index in [4.69, 9.17) is 11.6 Å². The van der Waals surface area contributed by atoms with E-state index in [0.717, 1.165) is 5.56 Å². The summed E-state index contributed by atoms with van der Waals surface area (Å²) in [5.41, 5.74) is 5.48. The fraction of sp³-hybridized carbons (Fsp3) is 0.250. The second-order valence-electron chi connectivity index (χ2n) is 3.88. The molecular formula is C12H16ClN3O3. The van der Waals surface area contributed by atoms with Crippen molar-refractivity contribution in [1.29, 1.82) is 0 Å². The molecule has 0 heterocycles. The molecule has 19 heavy (non-hydrogen) atoms. The first-order valence-electron chi connectivity index (χ1n) is 5.34. The molecule has 0 spiro atoms. The molecule has 0 aliphatic rings. The minimum Gasteiger partial charge on any atom is -0.480 e. The summed E-state index contributed by atoms with van der Waals surface area (Å²) < 4.78 is 0.